The van der Waals surface area contributed by atoms with Crippen molar-refractivity contribution in [2.24, 2.45) is 0 Å². The van der Waals surface area contributed by atoms with Gasteiger partial charge in [-0.05, 0) is 48.0 Å². The molecule has 0 aliphatic carbocycles. The molecule has 1 saturated heterocycles. The fraction of sp³-hybridized carbons (Fsp3) is 0.250. The number of aromatic nitrogens is 1. The third-order valence-corrected chi connectivity index (χ3v) is 8.44. The first kappa shape index (κ1) is 24.8. The number of benzene rings is 3. The van der Waals surface area contributed by atoms with E-state index in [4.69, 9.17) is 4.74 Å². The molecule has 4 aromatic rings. The van der Waals surface area contributed by atoms with Crippen LogP contribution >= 0.6 is 0 Å². The predicted molar refractivity (Wildman–Crippen MR) is 141 cm³/mol. The smallest absolute Gasteiger partial charge is 0.242 e. The van der Waals surface area contributed by atoms with Gasteiger partial charge in [-0.1, -0.05) is 30.3 Å². The van der Waals surface area contributed by atoms with E-state index in [1.807, 2.05) is 41.3 Å². The van der Waals surface area contributed by atoms with E-state index in [1.54, 1.807) is 30.0 Å². The van der Waals surface area contributed by atoms with Gasteiger partial charge < -0.3 is 19.1 Å². The number of hydrogen-bond acceptors (Lipinski definition) is 5. The molecule has 9 heteroatoms. The van der Waals surface area contributed by atoms with Crippen molar-refractivity contribution in [2.75, 3.05) is 38.2 Å². The number of para-hydroxylation sites is 1. The summed E-state index contributed by atoms with van der Waals surface area (Å²) in [7, 11) is -2.08. The van der Waals surface area contributed by atoms with E-state index in [9.17, 15) is 17.6 Å². The number of sulfone groups is 1. The minimum atomic E-state index is -3.72. The zero-order chi connectivity index (χ0) is 26.0. The number of carbonyl (C=O) groups is 1. The van der Waals surface area contributed by atoms with Gasteiger partial charge in [0.15, 0.2) is 9.84 Å². The number of rotatable bonds is 7. The van der Waals surface area contributed by atoms with Gasteiger partial charge in [0.2, 0.25) is 5.91 Å². The summed E-state index contributed by atoms with van der Waals surface area (Å²) in [6.45, 7) is 2.64. The lowest BCUT2D eigenvalue weighted by atomic mass is 10.2. The van der Waals surface area contributed by atoms with Crippen molar-refractivity contribution in [3.8, 4) is 5.75 Å². The Balaban J connectivity index is 1.31. The van der Waals surface area contributed by atoms with Crippen LogP contribution < -0.4 is 9.64 Å². The molecule has 5 rings (SSSR count). The van der Waals surface area contributed by atoms with E-state index in [0.717, 1.165) is 11.4 Å². The van der Waals surface area contributed by atoms with Crippen molar-refractivity contribution in [1.29, 1.82) is 0 Å². The number of methoxy groups -OCH3 is 1. The van der Waals surface area contributed by atoms with Gasteiger partial charge in [0.25, 0.3) is 0 Å². The Morgan fingerprint density at radius 3 is 2.27 bits per heavy atom. The molecular formula is C28H28FN3O4S. The fourth-order valence-electron chi connectivity index (χ4n) is 4.72. The van der Waals surface area contributed by atoms with Crippen LogP contribution in [-0.4, -0.2) is 57.1 Å². The molecule has 7 nitrogen and oxygen atoms in total. The number of halogens is 1. The van der Waals surface area contributed by atoms with Crippen LogP contribution in [0.2, 0.25) is 0 Å². The topological polar surface area (TPSA) is 71.8 Å². The van der Waals surface area contributed by atoms with Crippen LogP contribution in [0.25, 0.3) is 10.9 Å². The van der Waals surface area contributed by atoms with Gasteiger partial charge in [0, 0.05) is 49.0 Å². The van der Waals surface area contributed by atoms with Gasteiger partial charge in [-0.25, -0.2) is 12.8 Å². The monoisotopic (exact) mass is 521 g/mol. The summed E-state index contributed by atoms with van der Waals surface area (Å²) < 4.78 is 46.8. The minimum absolute atomic E-state index is 0.0507. The van der Waals surface area contributed by atoms with Crippen LogP contribution in [0, 0.1) is 5.82 Å². The molecule has 0 bridgehead atoms. The highest BCUT2D eigenvalue weighted by Crippen LogP contribution is 2.28. The first-order chi connectivity index (χ1) is 17.8. The van der Waals surface area contributed by atoms with Gasteiger partial charge >= 0.3 is 0 Å². The summed E-state index contributed by atoms with van der Waals surface area (Å²) in [5, 5.41) is 0.571. The van der Waals surface area contributed by atoms with E-state index < -0.39 is 15.7 Å². The molecule has 37 heavy (non-hydrogen) atoms. The van der Waals surface area contributed by atoms with Crippen molar-refractivity contribution in [3.05, 3.63) is 90.4 Å². The molecule has 0 saturated carbocycles. The molecule has 1 amide bonds. The third-order valence-electron chi connectivity index (χ3n) is 6.73. The number of piperazine rings is 1. The maximum Gasteiger partial charge on any atom is 0.242 e. The van der Waals surface area contributed by atoms with Crippen molar-refractivity contribution in [1.82, 2.24) is 9.47 Å². The van der Waals surface area contributed by atoms with E-state index >= 15 is 0 Å². The van der Waals surface area contributed by atoms with Gasteiger partial charge in [-0.2, -0.15) is 0 Å². The molecule has 1 aromatic heterocycles. The molecule has 0 N–H and O–H groups in total. The number of amides is 1. The zero-order valence-corrected chi connectivity index (χ0v) is 21.3. The molecule has 0 radical (unpaired) electrons. The summed E-state index contributed by atoms with van der Waals surface area (Å²) in [5.74, 6) is 0.0806. The lowest BCUT2D eigenvalue weighted by Gasteiger charge is -2.36. The van der Waals surface area contributed by atoms with Crippen LogP contribution in [0.15, 0.2) is 83.9 Å². The Morgan fingerprint density at radius 1 is 0.919 bits per heavy atom. The average Bonchev–Trinajstić information content (AvgIpc) is 3.29. The summed E-state index contributed by atoms with van der Waals surface area (Å²) in [6, 6.07) is 20.5. The molecule has 3 aromatic carbocycles. The molecular weight excluding hydrogens is 493 g/mol. The van der Waals surface area contributed by atoms with Crippen LogP contribution in [0.5, 0.6) is 5.75 Å². The first-order valence-corrected chi connectivity index (χ1v) is 13.7. The molecule has 192 valence electrons. The second kappa shape index (κ2) is 10.3. The van der Waals surface area contributed by atoms with Crippen LogP contribution in [0.3, 0.4) is 0 Å². The van der Waals surface area contributed by atoms with Gasteiger partial charge in [0.05, 0.1) is 17.8 Å². The molecule has 0 atom stereocenters. The summed E-state index contributed by atoms with van der Waals surface area (Å²) >= 11 is 0. The Hall–Kier alpha value is -3.85. The Bertz CT molecular complexity index is 1510. The fourth-order valence-corrected chi connectivity index (χ4v) is 6.30. The number of nitrogens with zero attached hydrogens (tertiary/aromatic N) is 3. The van der Waals surface area contributed by atoms with Crippen molar-refractivity contribution in [3.63, 3.8) is 0 Å². The Labute approximate surface area is 215 Å². The number of hydrogen-bond donors (Lipinski definition) is 0. The maximum absolute atomic E-state index is 13.3. The van der Waals surface area contributed by atoms with Crippen LogP contribution in [0.4, 0.5) is 10.1 Å². The number of carbonyl (C=O) groups excluding carboxylic acids is 1. The molecule has 1 aliphatic rings. The second-order valence-electron chi connectivity index (χ2n) is 9.09. The standard InChI is InChI=1S/C28H28FN3O4S/c1-36-24-12-10-23(11-13-24)30-14-16-31(17-15-30)28(33)19-32-18-27(25-4-2-3-5-26(25)32)37(34,35)20-21-6-8-22(29)9-7-21/h2-13,18H,14-17,19-20H2,1H3. The number of fused-ring (bicyclic) bond motifs is 1. The first-order valence-electron chi connectivity index (χ1n) is 12.1. The highest BCUT2D eigenvalue weighted by Gasteiger charge is 2.25. The van der Waals surface area contributed by atoms with E-state index in [0.29, 0.717) is 42.6 Å². The predicted octanol–water partition coefficient (Wildman–Crippen LogP) is 4.11. The van der Waals surface area contributed by atoms with Gasteiger partial charge in [0.1, 0.15) is 18.1 Å². The lowest BCUT2D eigenvalue weighted by molar-refractivity contribution is -0.132. The van der Waals surface area contributed by atoms with Crippen LogP contribution in [-0.2, 0) is 26.9 Å². The normalized spacial score (nSPS) is 14.2. The molecule has 1 aliphatic heterocycles. The summed E-state index contributed by atoms with van der Waals surface area (Å²) in [6.07, 6.45) is 1.55. The second-order valence-corrected chi connectivity index (χ2v) is 11.0. The van der Waals surface area contributed by atoms with E-state index in [1.165, 1.54) is 24.3 Å². The highest BCUT2D eigenvalue weighted by molar-refractivity contribution is 7.90. The van der Waals surface area contributed by atoms with Gasteiger partial charge in [-0.15, -0.1) is 0 Å². The maximum atomic E-state index is 13.3. The SMILES string of the molecule is COc1ccc(N2CCN(C(=O)Cn3cc(S(=O)(=O)Cc4ccc(F)cc4)c4ccccc43)CC2)cc1. The lowest BCUT2D eigenvalue weighted by Crippen LogP contribution is -2.49. The van der Waals surface area contributed by atoms with Gasteiger partial charge in [-0.3, -0.25) is 4.79 Å². The van der Waals surface area contributed by atoms with Crippen molar-refractivity contribution in [2.45, 2.75) is 17.2 Å². The highest BCUT2D eigenvalue weighted by atomic mass is 32.2. The Kier molecular flexibility index (Phi) is 6.88. The van der Waals surface area contributed by atoms with E-state index in [2.05, 4.69) is 4.90 Å². The van der Waals surface area contributed by atoms with Crippen molar-refractivity contribution < 1.29 is 22.3 Å². The summed E-state index contributed by atoms with van der Waals surface area (Å²) in [4.78, 5) is 17.4. The summed E-state index contributed by atoms with van der Waals surface area (Å²) in [5.41, 5.74) is 2.27. The van der Waals surface area contributed by atoms with E-state index in [-0.39, 0.29) is 23.1 Å². The zero-order valence-electron chi connectivity index (χ0n) is 20.5. The van der Waals surface area contributed by atoms with Crippen LogP contribution in [0.1, 0.15) is 5.56 Å². The molecule has 2 heterocycles. The third kappa shape index (κ3) is 5.32. The quantitative estimate of drug-likeness (QED) is 0.366. The number of anilines is 1. The average molecular weight is 522 g/mol. The minimum Gasteiger partial charge on any atom is -0.497 e. The molecule has 1 fully saturated rings. The molecule has 0 spiro atoms. The Morgan fingerprint density at radius 2 is 1.59 bits per heavy atom. The molecule has 0 unspecified atom stereocenters. The largest absolute Gasteiger partial charge is 0.497 e. The number of ether oxygens (including phenoxy) is 1. The van der Waals surface area contributed by atoms with Crippen molar-refractivity contribution >= 4 is 32.3 Å².